The summed E-state index contributed by atoms with van der Waals surface area (Å²) in [6.07, 6.45) is 2.87. The van der Waals surface area contributed by atoms with Gasteiger partial charge in [-0.1, -0.05) is 29.3 Å². The second-order valence-electron chi connectivity index (χ2n) is 6.64. The summed E-state index contributed by atoms with van der Waals surface area (Å²) in [5.74, 6) is -0.163. The number of amides is 2. The van der Waals surface area contributed by atoms with Gasteiger partial charge in [-0.15, -0.1) is 0 Å². The summed E-state index contributed by atoms with van der Waals surface area (Å²) < 4.78 is 16.6. The molecule has 3 aromatic rings. The third kappa shape index (κ3) is 7.27. The van der Waals surface area contributed by atoms with Crippen LogP contribution in [0.4, 0.5) is 0 Å². The van der Waals surface area contributed by atoms with Crippen LogP contribution in [-0.2, 0) is 22.7 Å². The smallest absolute Gasteiger partial charge is 0.329 e. The second-order valence-corrected chi connectivity index (χ2v) is 7.45. The Morgan fingerprint density at radius 1 is 1.03 bits per heavy atom. The molecule has 0 aliphatic rings. The molecule has 2 N–H and O–H groups in total. The van der Waals surface area contributed by atoms with Crippen molar-refractivity contribution < 1.29 is 23.5 Å². The van der Waals surface area contributed by atoms with E-state index in [4.69, 9.17) is 37.1 Å². The van der Waals surface area contributed by atoms with Crippen LogP contribution in [0.25, 0.3) is 0 Å². The third-order valence-corrected chi connectivity index (χ3v) is 4.97. The van der Waals surface area contributed by atoms with Gasteiger partial charge in [-0.3, -0.25) is 9.59 Å². The minimum absolute atomic E-state index is 0.102. The number of hydrazone groups is 1. The Labute approximate surface area is 200 Å². The maximum Gasteiger partial charge on any atom is 0.329 e. The Morgan fingerprint density at radius 2 is 1.88 bits per heavy atom. The lowest BCUT2D eigenvalue weighted by Gasteiger charge is -2.13. The van der Waals surface area contributed by atoms with E-state index in [9.17, 15) is 9.59 Å². The molecular weight excluding hydrogens is 469 g/mol. The molecule has 10 heteroatoms. The normalized spacial score (nSPS) is 10.8. The van der Waals surface area contributed by atoms with Gasteiger partial charge in [0.15, 0.2) is 11.5 Å². The van der Waals surface area contributed by atoms with Gasteiger partial charge in [0.25, 0.3) is 0 Å². The van der Waals surface area contributed by atoms with E-state index in [0.717, 1.165) is 5.56 Å². The number of rotatable bonds is 9. The largest absolute Gasteiger partial charge is 0.490 e. The van der Waals surface area contributed by atoms with Gasteiger partial charge in [0.05, 0.1) is 35.7 Å². The van der Waals surface area contributed by atoms with Crippen molar-refractivity contribution in [1.82, 2.24) is 10.7 Å². The Bertz CT molecular complexity index is 1130. The zero-order chi connectivity index (χ0) is 23.6. The highest BCUT2D eigenvalue weighted by molar-refractivity contribution is 6.42. The number of halogens is 2. The molecule has 1 heterocycles. The summed E-state index contributed by atoms with van der Waals surface area (Å²) in [6, 6.07) is 13.8. The zero-order valence-electron chi connectivity index (χ0n) is 17.6. The number of carbonyl (C=O) groups is 2. The number of hydrogen-bond acceptors (Lipinski definition) is 6. The maximum atomic E-state index is 11.9. The van der Waals surface area contributed by atoms with Crippen LogP contribution < -0.4 is 20.2 Å². The molecule has 0 saturated heterocycles. The molecule has 2 aromatic carbocycles. The Balaban J connectivity index is 1.57. The molecule has 0 spiro atoms. The van der Waals surface area contributed by atoms with Gasteiger partial charge in [0.1, 0.15) is 12.4 Å². The molecule has 2 amide bonds. The third-order valence-electron chi connectivity index (χ3n) is 4.24. The lowest BCUT2D eigenvalue weighted by atomic mass is 10.2. The average Bonchev–Trinajstić information content (AvgIpc) is 3.33. The lowest BCUT2D eigenvalue weighted by molar-refractivity contribution is -0.139. The lowest BCUT2D eigenvalue weighted by Crippen LogP contribution is -2.37. The van der Waals surface area contributed by atoms with Crippen LogP contribution in [0.3, 0.4) is 0 Å². The van der Waals surface area contributed by atoms with Crippen LogP contribution in [0.2, 0.25) is 10.0 Å². The topological polar surface area (TPSA) is 102 Å². The first-order chi connectivity index (χ1) is 16.0. The molecular formula is C23H21Cl2N3O5. The maximum absolute atomic E-state index is 11.9. The Kier molecular flexibility index (Phi) is 8.74. The van der Waals surface area contributed by atoms with Crippen molar-refractivity contribution in [3.63, 3.8) is 0 Å². The molecule has 8 nitrogen and oxygen atoms in total. The quantitative estimate of drug-likeness (QED) is 0.264. The number of carbonyl (C=O) groups excluding carboxylic acids is 2. The van der Waals surface area contributed by atoms with E-state index in [-0.39, 0.29) is 13.2 Å². The predicted molar refractivity (Wildman–Crippen MR) is 125 cm³/mol. The van der Waals surface area contributed by atoms with E-state index in [1.165, 1.54) is 12.5 Å². The van der Waals surface area contributed by atoms with Crippen LogP contribution in [-0.4, -0.2) is 24.6 Å². The number of benzene rings is 2. The zero-order valence-corrected chi connectivity index (χ0v) is 19.2. The van der Waals surface area contributed by atoms with Gasteiger partial charge in [0, 0.05) is 0 Å². The molecule has 0 unspecified atom stereocenters. The standard InChI is InChI=1S/C23H21Cl2N3O5/c1-2-31-21-11-15(6-8-20(21)33-14-16-5-7-18(24)19(25)10-16)12-27-28-23(30)22(29)26-13-17-4-3-9-32-17/h3-12H,2,13-14H2,1H3,(H,26,29)(H,28,30)/b27-12-. The minimum atomic E-state index is -0.899. The predicted octanol–water partition coefficient (Wildman–Crippen LogP) is 4.33. The summed E-state index contributed by atoms with van der Waals surface area (Å²) >= 11 is 12.0. The van der Waals surface area contributed by atoms with Gasteiger partial charge in [-0.2, -0.15) is 5.10 Å². The molecule has 0 aliphatic carbocycles. The van der Waals surface area contributed by atoms with Crippen LogP contribution in [0, 0.1) is 0 Å². The highest BCUT2D eigenvalue weighted by Crippen LogP contribution is 2.30. The van der Waals surface area contributed by atoms with Crippen molar-refractivity contribution in [2.45, 2.75) is 20.1 Å². The van der Waals surface area contributed by atoms with Crippen molar-refractivity contribution in [2.75, 3.05) is 6.61 Å². The number of furan rings is 1. The molecule has 3 rings (SSSR count). The van der Waals surface area contributed by atoms with Crippen LogP contribution in [0.15, 0.2) is 64.3 Å². The monoisotopic (exact) mass is 489 g/mol. The first-order valence-electron chi connectivity index (χ1n) is 9.93. The fourth-order valence-electron chi connectivity index (χ4n) is 2.66. The minimum Gasteiger partial charge on any atom is -0.490 e. The summed E-state index contributed by atoms with van der Waals surface area (Å²) in [4.78, 5) is 23.7. The second kappa shape index (κ2) is 11.9. The van der Waals surface area contributed by atoms with Gasteiger partial charge in [-0.25, -0.2) is 5.43 Å². The molecule has 0 fully saturated rings. The number of nitrogens with zero attached hydrogens (tertiary/aromatic N) is 1. The van der Waals surface area contributed by atoms with Gasteiger partial charge >= 0.3 is 11.8 Å². The summed E-state index contributed by atoms with van der Waals surface area (Å²) in [5, 5.41) is 7.17. The van der Waals surface area contributed by atoms with Gasteiger partial charge in [0.2, 0.25) is 0 Å². The van der Waals surface area contributed by atoms with Crippen LogP contribution >= 0.6 is 23.2 Å². The summed E-state index contributed by atoms with van der Waals surface area (Å²) in [7, 11) is 0. The molecule has 0 atom stereocenters. The molecule has 1 aromatic heterocycles. The van der Waals surface area contributed by atoms with E-state index in [1.807, 2.05) is 13.0 Å². The number of ether oxygens (including phenoxy) is 2. The fraction of sp³-hybridized carbons (Fsp3) is 0.174. The Hall–Kier alpha value is -3.49. The van der Waals surface area contributed by atoms with Crippen molar-refractivity contribution in [1.29, 1.82) is 0 Å². The molecule has 0 aliphatic heterocycles. The highest BCUT2D eigenvalue weighted by Gasteiger charge is 2.13. The van der Waals surface area contributed by atoms with E-state index in [0.29, 0.717) is 39.5 Å². The molecule has 0 saturated carbocycles. The number of hydrogen-bond donors (Lipinski definition) is 2. The Morgan fingerprint density at radius 3 is 2.61 bits per heavy atom. The van der Waals surface area contributed by atoms with Gasteiger partial charge < -0.3 is 19.2 Å². The van der Waals surface area contributed by atoms with Gasteiger partial charge in [-0.05, 0) is 60.5 Å². The van der Waals surface area contributed by atoms with E-state index < -0.39 is 11.8 Å². The molecule has 33 heavy (non-hydrogen) atoms. The van der Waals surface area contributed by atoms with E-state index >= 15 is 0 Å². The molecule has 0 radical (unpaired) electrons. The van der Waals surface area contributed by atoms with E-state index in [1.54, 1.807) is 42.5 Å². The molecule has 172 valence electrons. The SMILES string of the molecule is CCOc1cc(/C=N\NC(=O)C(=O)NCc2ccco2)ccc1OCc1ccc(Cl)c(Cl)c1. The first-order valence-corrected chi connectivity index (χ1v) is 10.7. The summed E-state index contributed by atoms with van der Waals surface area (Å²) in [5.41, 5.74) is 3.66. The van der Waals surface area contributed by atoms with Crippen molar-refractivity contribution in [3.8, 4) is 11.5 Å². The summed E-state index contributed by atoms with van der Waals surface area (Å²) in [6.45, 7) is 2.65. The van der Waals surface area contributed by atoms with Crippen molar-refractivity contribution in [3.05, 3.63) is 81.7 Å². The fourth-order valence-corrected chi connectivity index (χ4v) is 2.98. The average molecular weight is 490 g/mol. The highest BCUT2D eigenvalue weighted by atomic mass is 35.5. The number of nitrogens with one attached hydrogen (secondary N) is 2. The van der Waals surface area contributed by atoms with E-state index in [2.05, 4.69) is 15.8 Å². The van der Waals surface area contributed by atoms with Crippen LogP contribution in [0.1, 0.15) is 23.8 Å². The first kappa shape index (κ1) is 24.2. The van der Waals surface area contributed by atoms with Crippen LogP contribution in [0.5, 0.6) is 11.5 Å². The van der Waals surface area contributed by atoms with Crippen molar-refractivity contribution in [2.24, 2.45) is 5.10 Å². The molecule has 0 bridgehead atoms. The van der Waals surface area contributed by atoms with Crippen molar-refractivity contribution >= 4 is 41.2 Å².